The monoisotopic (exact) mass is 527 g/mol. The van der Waals surface area contributed by atoms with E-state index in [1.165, 1.54) is 17.2 Å². The van der Waals surface area contributed by atoms with Crippen molar-refractivity contribution in [2.45, 2.75) is 52.9 Å². The fourth-order valence-electron chi connectivity index (χ4n) is 3.11. The lowest BCUT2D eigenvalue weighted by Gasteiger charge is -2.11. The van der Waals surface area contributed by atoms with E-state index in [1.807, 2.05) is 26.0 Å². The van der Waals surface area contributed by atoms with Crippen molar-refractivity contribution in [2.24, 2.45) is 0 Å². The summed E-state index contributed by atoms with van der Waals surface area (Å²) in [4.78, 5) is 0.846. The van der Waals surface area contributed by atoms with Gasteiger partial charge in [0, 0.05) is 42.6 Å². The number of aryl methyl sites for hydroxylation is 3. The van der Waals surface area contributed by atoms with E-state index >= 15 is 0 Å². The van der Waals surface area contributed by atoms with Crippen molar-refractivity contribution < 1.29 is 14.9 Å². The molecule has 6 heteroatoms. The number of aromatic hydroxyl groups is 2. The molecule has 29 heavy (non-hydrogen) atoms. The van der Waals surface area contributed by atoms with Crippen LogP contribution in [0.3, 0.4) is 0 Å². The van der Waals surface area contributed by atoms with Gasteiger partial charge >= 0.3 is 0 Å². The second-order valence-electron chi connectivity index (χ2n) is 6.89. The number of methoxy groups -OCH3 is 1. The van der Waals surface area contributed by atoms with Gasteiger partial charge in [0.15, 0.2) is 0 Å². The molecular formula is C23H30INO3S. The summed E-state index contributed by atoms with van der Waals surface area (Å²) in [6.45, 7) is 6.16. The van der Waals surface area contributed by atoms with Gasteiger partial charge in [-0.2, -0.15) is 0 Å². The zero-order valence-corrected chi connectivity index (χ0v) is 20.5. The number of nitrogens with one attached hydrogen (secondary N) is 1. The molecule has 0 aliphatic rings. The van der Waals surface area contributed by atoms with Crippen LogP contribution in [-0.2, 0) is 19.3 Å². The van der Waals surface area contributed by atoms with Crippen molar-refractivity contribution in [1.29, 1.82) is 0 Å². The van der Waals surface area contributed by atoms with E-state index in [1.54, 1.807) is 7.11 Å². The number of hydrogen-bond acceptors (Lipinski definition) is 4. The van der Waals surface area contributed by atoms with E-state index in [9.17, 15) is 10.2 Å². The third kappa shape index (κ3) is 6.67. The lowest BCUT2D eigenvalue weighted by atomic mass is 10.0. The van der Waals surface area contributed by atoms with Gasteiger partial charge in [-0.05, 0) is 55.0 Å². The van der Waals surface area contributed by atoms with Crippen LogP contribution in [0.5, 0.6) is 17.2 Å². The normalized spacial score (nSPS) is 11.7. The molecule has 0 aliphatic carbocycles. The quantitative estimate of drug-likeness (QED) is 0.225. The van der Waals surface area contributed by atoms with E-state index in [4.69, 9.17) is 17.0 Å². The Morgan fingerprint density at radius 1 is 1.07 bits per heavy atom. The van der Waals surface area contributed by atoms with Gasteiger partial charge in [0.1, 0.15) is 17.2 Å². The average Bonchev–Trinajstić information content (AvgIpc) is 2.71. The average molecular weight is 527 g/mol. The van der Waals surface area contributed by atoms with Gasteiger partial charge in [0.25, 0.3) is 0 Å². The number of halogens is 1. The number of hydrogen-bond donors (Lipinski definition) is 3. The van der Waals surface area contributed by atoms with E-state index in [-0.39, 0.29) is 11.5 Å². The number of phenols is 2. The first-order valence-electron chi connectivity index (χ1n) is 9.86. The zero-order chi connectivity index (χ0) is 21.4. The molecule has 0 saturated heterocycles. The number of phenolic OH excluding ortho intramolecular Hbond substituents is 2. The Kier molecular flexibility index (Phi) is 9.36. The van der Waals surface area contributed by atoms with Crippen LogP contribution in [-0.4, -0.2) is 25.8 Å². The van der Waals surface area contributed by atoms with Gasteiger partial charge in [-0.3, -0.25) is 0 Å². The van der Waals surface area contributed by atoms with Crippen molar-refractivity contribution in [1.82, 2.24) is 3.53 Å². The van der Waals surface area contributed by atoms with E-state index in [0.717, 1.165) is 57.5 Å². The molecule has 3 N–H and O–H groups in total. The molecule has 4 nitrogen and oxygen atoms in total. The number of ether oxygens (including phenoxy) is 1. The summed E-state index contributed by atoms with van der Waals surface area (Å²) in [5.74, 6) is 1.21. The third-order valence-electron chi connectivity index (χ3n) is 4.75. The smallest absolute Gasteiger partial charge is 0.127 e. The van der Waals surface area contributed by atoms with Crippen molar-refractivity contribution >= 4 is 41.7 Å². The number of thiocarbonyl (C=S) groups is 1. The Balaban J connectivity index is 2.00. The summed E-state index contributed by atoms with van der Waals surface area (Å²) in [5, 5.41) is 20.1. The third-order valence-corrected chi connectivity index (χ3v) is 7.73. The van der Waals surface area contributed by atoms with Crippen LogP contribution in [0, 0.1) is 0 Å². The number of rotatable bonds is 9. The molecule has 2 aromatic rings. The molecule has 0 heterocycles. The van der Waals surface area contributed by atoms with Gasteiger partial charge in [-0.1, -0.05) is 44.6 Å². The van der Waals surface area contributed by atoms with Crippen LogP contribution in [0.2, 0.25) is 0 Å². The molecule has 0 radical (unpaired) electrons. The first-order valence-corrected chi connectivity index (χ1v) is 12.4. The predicted octanol–water partition coefficient (Wildman–Crippen LogP) is 5.60. The molecule has 0 aliphatic heterocycles. The minimum Gasteiger partial charge on any atom is -0.508 e. The molecular weight excluding hydrogens is 497 g/mol. The maximum Gasteiger partial charge on any atom is 0.127 e. The van der Waals surface area contributed by atoms with E-state index < -0.39 is 21.0 Å². The minimum atomic E-state index is -0.541. The summed E-state index contributed by atoms with van der Waals surface area (Å²) >= 11 is 4.99. The highest BCUT2D eigenvalue weighted by atomic mass is 127. The molecule has 158 valence electrons. The summed E-state index contributed by atoms with van der Waals surface area (Å²) in [5.41, 5.74) is 4.15. The Morgan fingerprint density at radius 3 is 2.48 bits per heavy atom. The highest BCUT2D eigenvalue weighted by molar-refractivity contribution is 14.2. The lowest BCUT2D eigenvalue weighted by molar-refractivity contribution is 0.409. The Morgan fingerprint density at radius 2 is 1.83 bits per heavy atom. The predicted molar refractivity (Wildman–Crippen MR) is 134 cm³/mol. The van der Waals surface area contributed by atoms with Crippen molar-refractivity contribution in [3.63, 3.8) is 0 Å². The van der Waals surface area contributed by atoms with Crippen molar-refractivity contribution in [2.75, 3.05) is 7.11 Å². The lowest BCUT2D eigenvalue weighted by Crippen LogP contribution is -2.12. The summed E-state index contributed by atoms with van der Waals surface area (Å²) < 4.78 is 9.94. The second kappa shape index (κ2) is 11.5. The largest absolute Gasteiger partial charge is 0.508 e. The standard InChI is InChI=1S/C23H30INO3S/c1-5-7-18-12-16(8-10-22(18)28-4)9-11-23(29)25-24-15(3)19-13-17(6-2)20(26)14-21(19)27/h8,10,12-14,26-27H,5-7,9,11H2,1-4H3,(H,25,29). The molecule has 0 unspecified atom stereocenters. The fourth-order valence-corrected chi connectivity index (χ4v) is 5.17. The molecule has 0 bridgehead atoms. The second-order valence-corrected chi connectivity index (χ2v) is 10.1. The minimum absolute atomic E-state index is 0.117. The van der Waals surface area contributed by atoms with Gasteiger partial charge in [-0.25, -0.2) is 0 Å². The Bertz CT molecular complexity index is 896. The summed E-state index contributed by atoms with van der Waals surface area (Å²) in [7, 11) is 1.71. The summed E-state index contributed by atoms with van der Waals surface area (Å²) in [6.07, 6.45) is 4.50. The van der Waals surface area contributed by atoms with Gasteiger partial charge < -0.3 is 18.5 Å². The van der Waals surface area contributed by atoms with Crippen LogP contribution < -0.4 is 8.27 Å². The molecule has 2 aromatic carbocycles. The SMILES string of the molecule is CCCc1cc(CCC(=S)NI=C(C)c2cc(CC)c(O)cc2O)ccc1OC. The van der Waals surface area contributed by atoms with Crippen LogP contribution >= 0.6 is 33.2 Å². The maximum atomic E-state index is 10.2. The van der Waals surface area contributed by atoms with Crippen LogP contribution in [0.4, 0.5) is 0 Å². The maximum absolute atomic E-state index is 10.2. The van der Waals surface area contributed by atoms with Gasteiger partial charge in [0.05, 0.1) is 12.1 Å². The van der Waals surface area contributed by atoms with Crippen LogP contribution in [0.25, 0.3) is 0 Å². The highest BCUT2D eigenvalue weighted by Gasteiger charge is 2.10. The van der Waals surface area contributed by atoms with Gasteiger partial charge in [-0.15, -0.1) is 0 Å². The molecule has 0 spiro atoms. The molecule has 2 rings (SSSR count). The zero-order valence-electron chi connectivity index (χ0n) is 17.5. The van der Waals surface area contributed by atoms with Crippen molar-refractivity contribution in [3.8, 4) is 17.2 Å². The topological polar surface area (TPSA) is 61.7 Å². The molecule has 0 aromatic heterocycles. The molecule has 0 amide bonds. The molecule has 0 saturated carbocycles. The number of benzene rings is 2. The molecule has 0 atom stereocenters. The van der Waals surface area contributed by atoms with Crippen LogP contribution in [0.1, 0.15) is 55.9 Å². The van der Waals surface area contributed by atoms with E-state index in [2.05, 4.69) is 22.6 Å². The first kappa shape index (κ1) is 23.6. The van der Waals surface area contributed by atoms with Crippen molar-refractivity contribution in [3.05, 3.63) is 52.6 Å². The first-order chi connectivity index (χ1) is 13.9. The van der Waals surface area contributed by atoms with Crippen LogP contribution in [0.15, 0.2) is 30.3 Å². The Labute approximate surface area is 189 Å². The molecule has 0 fully saturated rings. The Hall–Kier alpha value is -1.67. The van der Waals surface area contributed by atoms with E-state index in [0.29, 0.717) is 0 Å². The highest BCUT2D eigenvalue weighted by Crippen LogP contribution is 2.29. The fraction of sp³-hybridized carbons (Fsp3) is 0.391. The summed E-state index contributed by atoms with van der Waals surface area (Å²) in [6, 6.07) is 9.67. The van der Waals surface area contributed by atoms with Gasteiger partial charge in [0.2, 0.25) is 0 Å².